The van der Waals surface area contributed by atoms with Gasteiger partial charge in [-0.05, 0) is 18.6 Å². The van der Waals surface area contributed by atoms with Crippen LogP contribution in [0.5, 0.6) is 0 Å². The minimum absolute atomic E-state index is 0.206. The first-order valence-electron chi connectivity index (χ1n) is 4.92. The van der Waals surface area contributed by atoms with Crippen LogP contribution in [0.25, 0.3) is 0 Å². The van der Waals surface area contributed by atoms with Gasteiger partial charge in [-0.2, -0.15) is 8.73 Å². The number of hydrogen-bond acceptors (Lipinski definition) is 4. The average molecular weight is 383 g/mol. The number of hydrogen-bond donors (Lipinski definition) is 1. The largest absolute Gasteiger partial charge is 0.242 e. The number of nitrogens with zero attached hydrogens (tertiary/aromatic N) is 2. The van der Waals surface area contributed by atoms with Crippen LogP contribution in [0.1, 0.15) is 6.42 Å². The maximum Gasteiger partial charge on any atom is 0.242 e. The summed E-state index contributed by atoms with van der Waals surface area (Å²) in [6.45, 7) is 0.444. The molecule has 0 spiro atoms. The first-order chi connectivity index (χ1) is 8.15. The third-order valence-electron chi connectivity index (χ3n) is 2.14. The predicted octanol–water partition coefficient (Wildman–Crippen LogP) is 2.52. The van der Waals surface area contributed by atoms with E-state index >= 15 is 0 Å². The molecule has 0 amide bonds. The lowest BCUT2D eigenvalue weighted by atomic mass is 10.3. The summed E-state index contributed by atoms with van der Waals surface area (Å²) in [5, 5.41) is 0. The molecule has 0 saturated heterocycles. The van der Waals surface area contributed by atoms with Crippen LogP contribution in [0.4, 0.5) is 11.4 Å². The molecule has 1 aliphatic heterocycles. The molecule has 1 heterocycles. The zero-order valence-corrected chi connectivity index (χ0v) is 12.5. The minimum atomic E-state index is -3.48. The van der Waals surface area contributed by atoms with Crippen LogP contribution < -0.4 is 4.72 Å². The molecule has 0 aromatic heterocycles. The van der Waals surface area contributed by atoms with Crippen LogP contribution in [-0.2, 0) is 21.4 Å². The average Bonchev–Trinajstić information content (AvgIpc) is 2.76. The molecule has 5 nitrogen and oxygen atoms in total. The maximum atomic E-state index is 12.0. The molecule has 2 rings (SSSR count). The van der Waals surface area contributed by atoms with Crippen LogP contribution in [-0.4, -0.2) is 19.4 Å². The van der Waals surface area contributed by atoms with Gasteiger partial charge < -0.3 is 0 Å². The molecule has 0 aliphatic carbocycles. The van der Waals surface area contributed by atoms with Crippen molar-refractivity contribution in [3.8, 4) is 0 Å². The van der Waals surface area contributed by atoms with Crippen molar-refractivity contribution in [1.82, 2.24) is 4.72 Å². The van der Waals surface area contributed by atoms with Gasteiger partial charge in [-0.25, -0.2) is 13.1 Å². The number of fused-ring (bicyclic) bond motifs is 1. The molecule has 0 radical (unpaired) electrons. The SMILES string of the molecule is O=S(=O)(NCCCI)c1cccc2c1N=S=N2. The van der Waals surface area contributed by atoms with Crippen LogP contribution in [0.3, 0.4) is 0 Å². The van der Waals surface area contributed by atoms with Crippen molar-refractivity contribution < 1.29 is 8.42 Å². The molecule has 92 valence electrons. The molecule has 1 aromatic carbocycles. The Labute approximate surface area is 117 Å². The Kier molecular flexibility index (Phi) is 4.28. The summed E-state index contributed by atoms with van der Waals surface area (Å²) in [4.78, 5) is 0.206. The Balaban J connectivity index is 2.29. The number of halogens is 1. The molecule has 8 heteroatoms. The number of sulfonamides is 1. The highest BCUT2D eigenvalue weighted by Crippen LogP contribution is 2.37. The highest BCUT2D eigenvalue weighted by molar-refractivity contribution is 14.1. The van der Waals surface area contributed by atoms with Crippen molar-refractivity contribution >= 4 is 55.3 Å². The number of alkyl halides is 1. The second-order valence-corrected chi connectivity index (χ2v) is 6.67. The Hall–Kier alpha value is -0.320. The van der Waals surface area contributed by atoms with Gasteiger partial charge in [0.25, 0.3) is 0 Å². The summed E-state index contributed by atoms with van der Waals surface area (Å²) >= 11 is 3.23. The van der Waals surface area contributed by atoms with Crippen molar-refractivity contribution in [2.24, 2.45) is 8.73 Å². The van der Waals surface area contributed by atoms with Crippen LogP contribution >= 0.6 is 22.6 Å². The second-order valence-electron chi connectivity index (χ2n) is 3.33. The minimum Gasteiger partial charge on any atom is -0.211 e. The maximum absolute atomic E-state index is 12.0. The number of rotatable bonds is 5. The van der Waals surface area contributed by atoms with Gasteiger partial charge in [-0.1, -0.05) is 28.7 Å². The number of nitrogens with one attached hydrogen (secondary N) is 1. The van der Waals surface area contributed by atoms with E-state index in [2.05, 4.69) is 36.0 Å². The van der Waals surface area contributed by atoms with Gasteiger partial charge >= 0.3 is 0 Å². The fourth-order valence-corrected chi connectivity index (χ4v) is 3.57. The lowest BCUT2D eigenvalue weighted by Crippen LogP contribution is -2.25. The molecule has 1 N–H and O–H groups in total. The van der Waals surface area contributed by atoms with E-state index in [0.29, 0.717) is 17.9 Å². The van der Waals surface area contributed by atoms with E-state index in [1.807, 2.05) is 0 Å². The molecule has 1 aliphatic rings. The van der Waals surface area contributed by atoms with Gasteiger partial charge in [0.05, 0.1) is 11.4 Å². The molecule has 0 fully saturated rings. The van der Waals surface area contributed by atoms with Gasteiger partial charge in [0.1, 0.15) is 16.3 Å². The summed E-state index contributed by atoms with van der Waals surface area (Å²) in [6.07, 6.45) is 0.811. The smallest absolute Gasteiger partial charge is 0.211 e. The zero-order chi connectivity index (χ0) is 12.3. The van der Waals surface area contributed by atoms with E-state index in [0.717, 1.165) is 22.2 Å². The second kappa shape index (κ2) is 5.55. The molecule has 17 heavy (non-hydrogen) atoms. The van der Waals surface area contributed by atoms with E-state index in [1.165, 1.54) is 0 Å². The Bertz CT molecular complexity index is 594. The first-order valence-corrected chi connectivity index (χ1v) is 8.66. The third-order valence-corrected chi connectivity index (χ3v) is 4.94. The predicted molar refractivity (Wildman–Crippen MR) is 76.7 cm³/mol. The van der Waals surface area contributed by atoms with Gasteiger partial charge in [-0.15, -0.1) is 0 Å². The molecule has 0 atom stereocenters. The van der Waals surface area contributed by atoms with Crippen molar-refractivity contribution in [3.63, 3.8) is 0 Å². The monoisotopic (exact) mass is 383 g/mol. The van der Waals surface area contributed by atoms with Gasteiger partial charge in [0, 0.05) is 11.0 Å². The lowest BCUT2D eigenvalue weighted by molar-refractivity contribution is 0.581. The molecule has 0 saturated carbocycles. The fourth-order valence-electron chi connectivity index (χ4n) is 1.35. The number of benzene rings is 1. The Morgan fingerprint density at radius 1 is 1.35 bits per heavy atom. The molecule has 0 unspecified atom stereocenters. The first kappa shape index (κ1) is 13.1. The molecule has 1 aromatic rings. The van der Waals surface area contributed by atoms with Crippen LogP contribution in [0.15, 0.2) is 31.8 Å². The van der Waals surface area contributed by atoms with E-state index in [4.69, 9.17) is 0 Å². The standard InChI is InChI=1S/C9H10IN3O2S2/c10-5-2-6-11-17(14,15)8-4-1-3-7-9(8)13-16-12-7/h1,3-4,11H,2,5-6H2. The Morgan fingerprint density at radius 2 is 2.18 bits per heavy atom. The zero-order valence-electron chi connectivity index (χ0n) is 8.76. The van der Waals surface area contributed by atoms with Crippen LogP contribution in [0.2, 0.25) is 0 Å². The van der Waals surface area contributed by atoms with Crippen molar-refractivity contribution in [1.29, 1.82) is 0 Å². The topological polar surface area (TPSA) is 70.9 Å². The molecule has 0 bridgehead atoms. The quantitative estimate of drug-likeness (QED) is 0.490. The highest BCUT2D eigenvalue weighted by Gasteiger charge is 2.21. The summed E-state index contributed by atoms with van der Waals surface area (Å²) in [6, 6.07) is 4.98. The summed E-state index contributed by atoms with van der Waals surface area (Å²) in [5.41, 5.74) is 1.06. The van der Waals surface area contributed by atoms with Gasteiger partial charge in [0.2, 0.25) is 10.0 Å². The molecular formula is C9H10IN3O2S2. The lowest BCUT2D eigenvalue weighted by Gasteiger charge is -2.07. The highest BCUT2D eigenvalue weighted by atomic mass is 127. The van der Waals surface area contributed by atoms with E-state index in [1.54, 1.807) is 18.2 Å². The summed E-state index contributed by atoms with van der Waals surface area (Å²) in [7, 11) is -3.48. The summed E-state index contributed by atoms with van der Waals surface area (Å²) < 4.78 is 35.6. The summed E-state index contributed by atoms with van der Waals surface area (Å²) in [5.74, 6) is 0. The normalized spacial score (nSPS) is 13.5. The molecular weight excluding hydrogens is 373 g/mol. The van der Waals surface area contributed by atoms with E-state index in [9.17, 15) is 8.42 Å². The van der Waals surface area contributed by atoms with E-state index < -0.39 is 10.0 Å². The van der Waals surface area contributed by atoms with Crippen molar-refractivity contribution in [3.05, 3.63) is 18.2 Å². The van der Waals surface area contributed by atoms with E-state index in [-0.39, 0.29) is 4.90 Å². The van der Waals surface area contributed by atoms with Gasteiger partial charge in [-0.3, -0.25) is 0 Å². The third kappa shape index (κ3) is 2.92. The van der Waals surface area contributed by atoms with Gasteiger partial charge in [0.15, 0.2) is 0 Å². The van der Waals surface area contributed by atoms with Crippen molar-refractivity contribution in [2.75, 3.05) is 11.0 Å². The Morgan fingerprint density at radius 3 is 2.94 bits per heavy atom. The fraction of sp³-hybridized carbons (Fsp3) is 0.333. The van der Waals surface area contributed by atoms with Crippen molar-refractivity contribution in [2.45, 2.75) is 11.3 Å². The van der Waals surface area contributed by atoms with Crippen LogP contribution in [0, 0.1) is 0 Å².